The summed E-state index contributed by atoms with van der Waals surface area (Å²) < 4.78 is 32.5. The van der Waals surface area contributed by atoms with Crippen molar-refractivity contribution < 1.29 is 17.9 Å². The smallest absolute Gasteiger partial charge is 0.310 e. The molecule has 1 aromatic carbocycles. The first-order valence-electron chi connectivity index (χ1n) is 6.98. The average Bonchev–Trinajstić information content (AvgIpc) is 2.47. The lowest BCUT2D eigenvalue weighted by Crippen LogP contribution is -2.42. The number of carbonyl (C=O) groups excluding carboxylic acids is 1. The highest BCUT2D eigenvalue weighted by atomic mass is 79.9. The standard InChI is InChI=1S/C14H17BrClNO4S/c1-2-21-14(18)10-4-3-7-17(9-10)22(19,20)13-6-5-11(15)8-12(13)16/h5-6,8,10H,2-4,7,9H2,1H3/t10-/m1/s1. The van der Waals surface area contributed by atoms with Gasteiger partial charge in [0.25, 0.3) is 0 Å². The Kier molecular flexibility index (Phi) is 5.87. The average molecular weight is 411 g/mol. The maximum atomic E-state index is 12.7. The second kappa shape index (κ2) is 7.29. The number of hydrogen-bond donors (Lipinski definition) is 0. The van der Waals surface area contributed by atoms with Crippen LogP contribution in [-0.2, 0) is 19.6 Å². The Balaban J connectivity index is 2.23. The van der Waals surface area contributed by atoms with Crippen molar-refractivity contribution in [1.82, 2.24) is 4.31 Å². The number of piperidine rings is 1. The maximum Gasteiger partial charge on any atom is 0.310 e. The monoisotopic (exact) mass is 409 g/mol. The molecule has 0 radical (unpaired) electrons. The summed E-state index contributed by atoms with van der Waals surface area (Å²) in [5.41, 5.74) is 0. The highest BCUT2D eigenvalue weighted by molar-refractivity contribution is 9.10. The van der Waals surface area contributed by atoms with E-state index in [1.54, 1.807) is 19.1 Å². The van der Waals surface area contributed by atoms with Crippen LogP contribution in [0.4, 0.5) is 0 Å². The summed E-state index contributed by atoms with van der Waals surface area (Å²) in [5, 5.41) is 0.160. The Hall–Kier alpha value is -0.630. The number of ether oxygens (including phenoxy) is 1. The minimum atomic E-state index is -3.72. The second-order valence-corrected chi connectivity index (χ2v) is 8.26. The Labute approximate surface area is 143 Å². The number of hydrogen-bond acceptors (Lipinski definition) is 4. The van der Waals surface area contributed by atoms with Crippen LogP contribution < -0.4 is 0 Å². The quantitative estimate of drug-likeness (QED) is 0.716. The molecule has 0 bridgehead atoms. The predicted molar refractivity (Wildman–Crippen MR) is 87.3 cm³/mol. The molecule has 5 nitrogen and oxygen atoms in total. The van der Waals surface area contributed by atoms with E-state index in [0.29, 0.717) is 30.5 Å². The van der Waals surface area contributed by atoms with E-state index in [1.165, 1.54) is 10.4 Å². The van der Waals surface area contributed by atoms with Crippen LogP contribution in [0, 0.1) is 5.92 Å². The van der Waals surface area contributed by atoms with Crippen LogP contribution in [0.5, 0.6) is 0 Å². The van der Waals surface area contributed by atoms with E-state index in [1.807, 2.05) is 0 Å². The molecule has 122 valence electrons. The van der Waals surface area contributed by atoms with Gasteiger partial charge in [-0.1, -0.05) is 27.5 Å². The molecular weight excluding hydrogens is 394 g/mol. The van der Waals surface area contributed by atoms with Gasteiger partial charge in [0.15, 0.2) is 0 Å². The van der Waals surface area contributed by atoms with Crippen molar-refractivity contribution in [2.45, 2.75) is 24.7 Å². The summed E-state index contributed by atoms with van der Waals surface area (Å²) in [4.78, 5) is 11.9. The van der Waals surface area contributed by atoms with E-state index in [-0.39, 0.29) is 22.4 Å². The maximum absolute atomic E-state index is 12.7. The lowest BCUT2D eigenvalue weighted by atomic mass is 10.0. The van der Waals surface area contributed by atoms with Gasteiger partial charge in [-0.3, -0.25) is 4.79 Å². The van der Waals surface area contributed by atoms with Crippen molar-refractivity contribution in [3.05, 3.63) is 27.7 Å². The molecule has 0 aliphatic carbocycles. The number of halogens is 2. The molecule has 1 aromatic rings. The number of rotatable bonds is 4. The fourth-order valence-electron chi connectivity index (χ4n) is 2.44. The molecule has 0 spiro atoms. The van der Waals surface area contributed by atoms with Crippen LogP contribution in [0.1, 0.15) is 19.8 Å². The van der Waals surface area contributed by atoms with Crippen LogP contribution in [0.3, 0.4) is 0 Å². The van der Waals surface area contributed by atoms with Crippen molar-refractivity contribution in [2.75, 3.05) is 19.7 Å². The molecule has 1 atom stereocenters. The SMILES string of the molecule is CCOC(=O)[C@@H]1CCCN(S(=O)(=O)c2ccc(Br)cc2Cl)C1. The molecule has 1 saturated heterocycles. The van der Waals surface area contributed by atoms with Crippen LogP contribution in [-0.4, -0.2) is 38.4 Å². The van der Waals surface area contributed by atoms with Gasteiger partial charge in [-0.2, -0.15) is 4.31 Å². The fraction of sp³-hybridized carbons (Fsp3) is 0.500. The predicted octanol–water partition coefficient (Wildman–Crippen LogP) is 3.07. The lowest BCUT2D eigenvalue weighted by molar-refractivity contribution is -0.149. The first-order chi connectivity index (χ1) is 10.4. The fourth-order valence-corrected chi connectivity index (χ4v) is 4.97. The van der Waals surface area contributed by atoms with Crippen LogP contribution >= 0.6 is 27.5 Å². The molecule has 0 aromatic heterocycles. The summed E-state index contributed by atoms with van der Waals surface area (Å²) in [7, 11) is -3.72. The van der Waals surface area contributed by atoms with Crippen molar-refractivity contribution in [2.24, 2.45) is 5.92 Å². The van der Waals surface area contributed by atoms with E-state index in [9.17, 15) is 13.2 Å². The van der Waals surface area contributed by atoms with Crippen LogP contribution in [0.15, 0.2) is 27.6 Å². The normalized spacial score (nSPS) is 19.9. The molecule has 0 N–H and O–H groups in total. The summed E-state index contributed by atoms with van der Waals surface area (Å²) in [6, 6.07) is 4.64. The largest absolute Gasteiger partial charge is 0.466 e. The highest BCUT2D eigenvalue weighted by Gasteiger charge is 2.34. The van der Waals surface area contributed by atoms with Gasteiger partial charge < -0.3 is 4.74 Å². The van der Waals surface area contributed by atoms with E-state index in [4.69, 9.17) is 16.3 Å². The molecule has 8 heteroatoms. The van der Waals surface area contributed by atoms with Gasteiger partial charge in [0.2, 0.25) is 10.0 Å². The Morgan fingerprint density at radius 2 is 2.23 bits per heavy atom. The van der Waals surface area contributed by atoms with Gasteiger partial charge in [-0.25, -0.2) is 8.42 Å². The van der Waals surface area contributed by atoms with E-state index < -0.39 is 15.9 Å². The molecule has 1 aliphatic rings. The van der Waals surface area contributed by atoms with Crippen LogP contribution in [0.2, 0.25) is 5.02 Å². The van der Waals surface area contributed by atoms with Crippen molar-refractivity contribution in [3.63, 3.8) is 0 Å². The number of nitrogens with zero attached hydrogens (tertiary/aromatic N) is 1. The third-order valence-electron chi connectivity index (χ3n) is 3.52. The minimum Gasteiger partial charge on any atom is -0.466 e. The first kappa shape index (κ1) is 17.7. The molecule has 1 heterocycles. The Morgan fingerprint density at radius 1 is 1.50 bits per heavy atom. The van der Waals surface area contributed by atoms with E-state index in [0.717, 1.165) is 0 Å². The van der Waals surface area contributed by atoms with Gasteiger partial charge in [-0.15, -0.1) is 0 Å². The third kappa shape index (κ3) is 3.82. The van der Waals surface area contributed by atoms with Gasteiger partial charge in [0, 0.05) is 17.6 Å². The van der Waals surface area contributed by atoms with Gasteiger partial charge in [0.05, 0.1) is 17.5 Å². The molecule has 0 unspecified atom stereocenters. The highest BCUT2D eigenvalue weighted by Crippen LogP contribution is 2.30. The summed E-state index contributed by atoms with van der Waals surface area (Å²) >= 11 is 9.31. The molecule has 0 saturated carbocycles. The molecule has 0 amide bonds. The first-order valence-corrected chi connectivity index (χ1v) is 9.59. The Morgan fingerprint density at radius 3 is 2.86 bits per heavy atom. The summed E-state index contributed by atoms with van der Waals surface area (Å²) in [6.45, 7) is 2.54. The molecule has 2 rings (SSSR count). The van der Waals surface area contributed by atoms with E-state index >= 15 is 0 Å². The Bertz CT molecular complexity index is 665. The van der Waals surface area contributed by atoms with Crippen molar-refractivity contribution >= 4 is 43.5 Å². The zero-order valence-corrected chi connectivity index (χ0v) is 15.2. The second-order valence-electron chi connectivity index (χ2n) is 5.03. The van der Waals surface area contributed by atoms with Crippen molar-refractivity contribution in [3.8, 4) is 0 Å². The number of sulfonamides is 1. The van der Waals surface area contributed by atoms with Gasteiger partial charge in [-0.05, 0) is 38.0 Å². The topological polar surface area (TPSA) is 63.7 Å². The van der Waals surface area contributed by atoms with Gasteiger partial charge >= 0.3 is 5.97 Å². The van der Waals surface area contributed by atoms with E-state index in [2.05, 4.69) is 15.9 Å². The summed E-state index contributed by atoms with van der Waals surface area (Å²) in [6.07, 6.45) is 1.26. The number of benzene rings is 1. The van der Waals surface area contributed by atoms with Crippen molar-refractivity contribution in [1.29, 1.82) is 0 Å². The summed E-state index contributed by atoms with van der Waals surface area (Å²) in [5.74, 6) is -0.762. The zero-order valence-electron chi connectivity index (χ0n) is 12.1. The molecule has 1 aliphatic heterocycles. The molecule has 1 fully saturated rings. The number of carbonyl (C=O) groups is 1. The van der Waals surface area contributed by atoms with Gasteiger partial charge in [0.1, 0.15) is 4.90 Å². The number of esters is 1. The minimum absolute atomic E-state index is 0.0573. The molecular formula is C14H17BrClNO4S. The third-order valence-corrected chi connectivity index (χ3v) is 6.36. The van der Waals surface area contributed by atoms with Crippen LogP contribution in [0.25, 0.3) is 0 Å². The molecule has 22 heavy (non-hydrogen) atoms. The zero-order chi connectivity index (χ0) is 16.3. The lowest BCUT2D eigenvalue weighted by Gasteiger charge is -2.30.